The molecule has 134 valence electrons. The van der Waals surface area contributed by atoms with Crippen LogP contribution in [-0.4, -0.2) is 39.0 Å². The lowest BCUT2D eigenvalue weighted by Gasteiger charge is -2.23. The second-order valence-corrected chi connectivity index (χ2v) is 6.77. The first kappa shape index (κ1) is 17.1. The number of fused-ring (bicyclic) bond motifs is 1. The highest BCUT2D eigenvalue weighted by Crippen LogP contribution is 2.27. The number of benzene rings is 1. The first-order valence-corrected chi connectivity index (χ1v) is 9.24. The average molecular weight is 391 g/mol. The number of hydrogen-bond acceptors (Lipinski definition) is 7. The van der Waals surface area contributed by atoms with E-state index < -0.39 is 0 Å². The van der Waals surface area contributed by atoms with Gasteiger partial charge in [-0.05, 0) is 18.2 Å². The van der Waals surface area contributed by atoms with Gasteiger partial charge in [-0.3, -0.25) is 4.79 Å². The molecule has 1 aliphatic heterocycles. The van der Waals surface area contributed by atoms with Crippen molar-refractivity contribution in [2.75, 3.05) is 18.5 Å². The number of nitrogens with one attached hydrogen (secondary N) is 1. The van der Waals surface area contributed by atoms with Crippen LogP contribution in [0.5, 0.6) is 5.88 Å². The second-order valence-electron chi connectivity index (χ2n) is 5.83. The SMILES string of the molecule is O=C(Nc1cccc2nsnc12)c1cnc(OC2CCOCC2)c(Cl)c1. The van der Waals surface area contributed by atoms with Crippen LogP contribution >= 0.6 is 23.3 Å². The number of aromatic nitrogens is 3. The van der Waals surface area contributed by atoms with Crippen LogP contribution < -0.4 is 10.1 Å². The second kappa shape index (κ2) is 7.53. The van der Waals surface area contributed by atoms with E-state index in [9.17, 15) is 4.79 Å². The quantitative estimate of drug-likeness (QED) is 0.733. The van der Waals surface area contributed by atoms with Crippen molar-refractivity contribution in [1.29, 1.82) is 0 Å². The van der Waals surface area contributed by atoms with E-state index in [0.717, 1.165) is 30.1 Å². The summed E-state index contributed by atoms with van der Waals surface area (Å²) in [6, 6.07) is 6.99. The Morgan fingerprint density at radius 3 is 2.96 bits per heavy atom. The van der Waals surface area contributed by atoms with E-state index in [2.05, 4.69) is 19.0 Å². The zero-order chi connectivity index (χ0) is 17.9. The zero-order valence-corrected chi connectivity index (χ0v) is 15.2. The van der Waals surface area contributed by atoms with Crippen molar-refractivity contribution in [3.8, 4) is 5.88 Å². The fourth-order valence-corrected chi connectivity index (χ4v) is 3.45. The molecular formula is C17H15ClN4O3S. The Bertz CT molecular complexity index is 943. The van der Waals surface area contributed by atoms with Crippen molar-refractivity contribution in [2.45, 2.75) is 18.9 Å². The topological polar surface area (TPSA) is 86.2 Å². The van der Waals surface area contributed by atoms with E-state index in [0.29, 0.717) is 40.9 Å². The van der Waals surface area contributed by atoms with Crippen LogP contribution in [-0.2, 0) is 4.74 Å². The molecule has 0 spiro atoms. The van der Waals surface area contributed by atoms with E-state index >= 15 is 0 Å². The number of anilines is 1. The van der Waals surface area contributed by atoms with Crippen molar-refractivity contribution < 1.29 is 14.3 Å². The number of hydrogen-bond donors (Lipinski definition) is 1. The van der Waals surface area contributed by atoms with Gasteiger partial charge in [0.15, 0.2) is 0 Å². The van der Waals surface area contributed by atoms with Crippen LogP contribution in [0.25, 0.3) is 11.0 Å². The monoisotopic (exact) mass is 390 g/mol. The molecule has 9 heteroatoms. The van der Waals surface area contributed by atoms with Gasteiger partial charge in [-0.25, -0.2) is 4.98 Å². The first-order chi connectivity index (χ1) is 12.7. The van der Waals surface area contributed by atoms with Crippen molar-refractivity contribution in [1.82, 2.24) is 13.7 Å². The van der Waals surface area contributed by atoms with E-state index in [1.54, 1.807) is 12.1 Å². The molecule has 4 rings (SSSR count). The van der Waals surface area contributed by atoms with Gasteiger partial charge in [0.05, 0.1) is 36.2 Å². The Labute approximate surface area is 158 Å². The van der Waals surface area contributed by atoms with Gasteiger partial charge < -0.3 is 14.8 Å². The number of amides is 1. The minimum atomic E-state index is -0.322. The maximum absolute atomic E-state index is 12.5. The van der Waals surface area contributed by atoms with Crippen LogP contribution in [0.4, 0.5) is 5.69 Å². The number of nitrogens with zero attached hydrogens (tertiary/aromatic N) is 3. The summed E-state index contributed by atoms with van der Waals surface area (Å²) >= 11 is 7.35. The maximum atomic E-state index is 12.5. The standard InChI is InChI=1S/C17H15ClN4O3S/c18-12-8-10(9-19-17(12)25-11-4-6-24-7-5-11)16(23)20-13-2-1-3-14-15(13)22-26-21-14/h1-3,8-9,11H,4-7H2,(H,20,23). The van der Waals surface area contributed by atoms with Gasteiger partial charge in [-0.1, -0.05) is 17.7 Å². The molecule has 26 heavy (non-hydrogen) atoms. The van der Waals surface area contributed by atoms with Gasteiger partial charge in [-0.15, -0.1) is 0 Å². The fraction of sp³-hybridized carbons (Fsp3) is 0.294. The predicted molar refractivity (Wildman–Crippen MR) is 99.1 cm³/mol. The molecule has 0 radical (unpaired) electrons. The third-order valence-electron chi connectivity index (χ3n) is 4.05. The van der Waals surface area contributed by atoms with Gasteiger partial charge in [0, 0.05) is 19.0 Å². The van der Waals surface area contributed by atoms with Crippen LogP contribution in [0.2, 0.25) is 5.02 Å². The molecule has 1 aliphatic rings. The van der Waals surface area contributed by atoms with Crippen LogP contribution in [0.1, 0.15) is 23.2 Å². The van der Waals surface area contributed by atoms with Gasteiger partial charge in [0.1, 0.15) is 22.2 Å². The molecule has 3 heterocycles. The summed E-state index contributed by atoms with van der Waals surface area (Å²) in [5.41, 5.74) is 2.34. The summed E-state index contributed by atoms with van der Waals surface area (Å²) in [5, 5.41) is 3.13. The number of carbonyl (C=O) groups excluding carboxylic acids is 1. The normalized spacial score (nSPS) is 15.1. The van der Waals surface area contributed by atoms with E-state index in [1.165, 1.54) is 6.20 Å². The number of carbonyl (C=O) groups is 1. The van der Waals surface area contributed by atoms with Crippen LogP contribution in [0.3, 0.4) is 0 Å². The van der Waals surface area contributed by atoms with Crippen LogP contribution in [0, 0.1) is 0 Å². The molecule has 1 aromatic carbocycles. The number of ether oxygens (including phenoxy) is 2. The predicted octanol–water partition coefficient (Wildman–Crippen LogP) is 3.55. The van der Waals surface area contributed by atoms with Gasteiger partial charge in [-0.2, -0.15) is 8.75 Å². The fourth-order valence-electron chi connectivity index (χ4n) is 2.69. The first-order valence-electron chi connectivity index (χ1n) is 8.13. The zero-order valence-electron chi connectivity index (χ0n) is 13.6. The van der Waals surface area contributed by atoms with Crippen molar-refractivity contribution in [3.05, 3.63) is 41.0 Å². The minimum absolute atomic E-state index is 0.0307. The van der Waals surface area contributed by atoms with E-state index in [-0.39, 0.29) is 12.0 Å². The summed E-state index contributed by atoms with van der Waals surface area (Å²) in [6.07, 6.45) is 3.08. The Morgan fingerprint density at radius 1 is 1.31 bits per heavy atom. The average Bonchev–Trinajstić information content (AvgIpc) is 3.14. The Morgan fingerprint density at radius 2 is 2.15 bits per heavy atom. The summed E-state index contributed by atoms with van der Waals surface area (Å²) in [5.74, 6) is 0.0124. The number of halogens is 1. The Kier molecular flexibility index (Phi) is 4.96. The smallest absolute Gasteiger partial charge is 0.257 e. The lowest BCUT2D eigenvalue weighted by Crippen LogP contribution is -2.26. The van der Waals surface area contributed by atoms with Gasteiger partial charge in [0.25, 0.3) is 5.91 Å². The van der Waals surface area contributed by atoms with Crippen molar-refractivity contribution in [2.24, 2.45) is 0 Å². The highest BCUT2D eigenvalue weighted by molar-refractivity contribution is 7.00. The largest absolute Gasteiger partial charge is 0.473 e. The summed E-state index contributed by atoms with van der Waals surface area (Å²) in [7, 11) is 0. The van der Waals surface area contributed by atoms with Crippen LogP contribution in [0.15, 0.2) is 30.5 Å². The minimum Gasteiger partial charge on any atom is -0.473 e. The van der Waals surface area contributed by atoms with Crippen molar-refractivity contribution >= 4 is 46.0 Å². The summed E-state index contributed by atoms with van der Waals surface area (Å²) in [6.45, 7) is 1.33. The molecule has 0 bridgehead atoms. The Hall–Kier alpha value is -2.29. The molecular weight excluding hydrogens is 376 g/mol. The third kappa shape index (κ3) is 3.62. The molecule has 1 fully saturated rings. The third-order valence-corrected chi connectivity index (χ3v) is 4.86. The molecule has 2 aromatic heterocycles. The molecule has 1 amide bonds. The lowest BCUT2D eigenvalue weighted by atomic mass is 10.1. The molecule has 0 saturated carbocycles. The summed E-state index contributed by atoms with van der Waals surface area (Å²) < 4.78 is 19.5. The molecule has 0 unspecified atom stereocenters. The molecule has 0 atom stereocenters. The van der Waals surface area contributed by atoms with Gasteiger partial charge >= 0.3 is 0 Å². The van der Waals surface area contributed by atoms with Gasteiger partial charge in [0.2, 0.25) is 5.88 Å². The molecule has 0 aliphatic carbocycles. The van der Waals surface area contributed by atoms with E-state index in [4.69, 9.17) is 21.1 Å². The molecule has 7 nitrogen and oxygen atoms in total. The van der Waals surface area contributed by atoms with Crippen molar-refractivity contribution in [3.63, 3.8) is 0 Å². The molecule has 1 N–H and O–H groups in total. The highest BCUT2D eigenvalue weighted by atomic mass is 35.5. The lowest BCUT2D eigenvalue weighted by molar-refractivity contribution is 0.0238. The highest BCUT2D eigenvalue weighted by Gasteiger charge is 2.19. The molecule has 1 saturated heterocycles. The Balaban J connectivity index is 1.49. The maximum Gasteiger partial charge on any atom is 0.257 e. The number of rotatable bonds is 4. The molecule has 3 aromatic rings. The number of pyridine rings is 1. The van der Waals surface area contributed by atoms with E-state index in [1.807, 2.05) is 12.1 Å². The summed E-state index contributed by atoms with van der Waals surface area (Å²) in [4.78, 5) is 16.7.